The van der Waals surface area contributed by atoms with Crippen LogP contribution < -0.4 is 5.32 Å². The molecule has 0 fully saturated rings. The fraction of sp³-hybridized carbons (Fsp3) is 0.200. The first kappa shape index (κ1) is 14.4. The van der Waals surface area contributed by atoms with Crippen molar-refractivity contribution in [3.63, 3.8) is 0 Å². The summed E-state index contributed by atoms with van der Waals surface area (Å²) in [5.41, 5.74) is 0.367. The highest BCUT2D eigenvalue weighted by molar-refractivity contribution is 9.10. The topological polar surface area (TPSA) is 72.7 Å². The molecule has 0 saturated heterocycles. The minimum atomic E-state index is -4.42. The molecule has 1 N–H and O–H groups in total. The van der Waals surface area contributed by atoms with E-state index in [9.17, 15) is 18.0 Å². The second kappa shape index (κ2) is 5.57. The van der Waals surface area contributed by atoms with Crippen LogP contribution in [0.3, 0.4) is 0 Å². The van der Waals surface area contributed by atoms with Gasteiger partial charge < -0.3 is 5.32 Å². The number of carbonyl (C=O) groups excluding carboxylic acids is 1. The Labute approximate surface area is 119 Å². The predicted molar refractivity (Wildman–Crippen MR) is 66.0 cm³/mol. The molecule has 2 aromatic heterocycles. The maximum absolute atomic E-state index is 12.3. The van der Waals surface area contributed by atoms with Crippen molar-refractivity contribution in [2.75, 3.05) is 5.32 Å². The summed E-state index contributed by atoms with van der Waals surface area (Å²) in [4.78, 5) is 11.9. The lowest BCUT2D eigenvalue weighted by atomic mass is 10.3. The van der Waals surface area contributed by atoms with Crippen LogP contribution in [0, 0.1) is 0 Å². The summed E-state index contributed by atoms with van der Waals surface area (Å²) >= 11 is 2.93. The van der Waals surface area contributed by atoms with Gasteiger partial charge in [-0.2, -0.15) is 28.5 Å². The van der Waals surface area contributed by atoms with Crippen LogP contribution in [0.25, 0.3) is 0 Å². The molecule has 20 heavy (non-hydrogen) atoms. The van der Waals surface area contributed by atoms with Crippen LogP contribution in [-0.4, -0.2) is 32.1 Å². The van der Waals surface area contributed by atoms with Gasteiger partial charge in [-0.1, -0.05) is 0 Å². The lowest BCUT2D eigenvalue weighted by molar-refractivity contribution is -0.143. The van der Waals surface area contributed by atoms with Crippen LogP contribution in [0.4, 0.5) is 18.9 Å². The molecule has 0 unspecified atom stereocenters. The highest BCUT2D eigenvalue weighted by atomic mass is 79.9. The average Bonchev–Trinajstić information content (AvgIpc) is 2.70. The average molecular weight is 350 g/mol. The Morgan fingerprint density at radius 2 is 2.10 bits per heavy atom. The molecule has 2 aromatic rings. The van der Waals surface area contributed by atoms with Gasteiger partial charge in [0, 0.05) is 0 Å². The molecular weight excluding hydrogens is 343 g/mol. The van der Waals surface area contributed by atoms with Crippen LogP contribution in [0.2, 0.25) is 0 Å². The third kappa shape index (κ3) is 3.53. The van der Waals surface area contributed by atoms with Crippen LogP contribution in [0.5, 0.6) is 0 Å². The number of nitrogens with one attached hydrogen (secondary N) is 1. The van der Waals surface area contributed by atoms with Crippen LogP contribution in [-0.2, 0) is 6.54 Å². The van der Waals surface area contributed by atoms with Crippen molar-refractivity contribution >= 4 is 27.5 Å². The number of rotatable bonds is 3. The summed E-state index contributed by atoms with van der Waals surface area (Å²) in [6, 6.07) is 1.50. The van der Waals surface area contributed by atoms with Gasteiger partial charge in [-0.05, 0) is 22.0 Å². The van der Waals surface area contributed by atoms with E-state index in [1.165, 1.54) is 18.5 Å². The Balaban J connectivity index is 2.15. The minimum absolute atomic E-state index is 0.00828. The first-order valence-corrected chi connectivity index (χ1v) is 6.02. The van der Waals surface area contributed by atoms with Gasteiger partial charge in [0.15, 0.2) is 0 Å². The van der Waals surface area contributed by atoms with E-state index in [-0.39, 0.29) is 10.2 Å². The predicted octanol–water partition coefficient (Wildman–Crippen LogP) is 2.25. The van der Waals surface area contributed by atoms with Crippen molar-refractivity contribution in [2.45, 2.75) is 12.7 Å². The minimum Gasteiger partial charge on any atom is -0.320 e. The molecule has 0 saturated carbocycles. The largest absolute Gasteiger partial charge is 0.408 e. The van der Waals surface area contributed by atoms with Crippen LogP contribution in [0.15, 0.2) is 29.3 Å². The molecule has 6 nitrogen and oxygen atoms in total. The molecule has 106 valence electrons. The molecule has 1 amide bonds. The van der Waals surface area contributed by atoms with Gasteiger partial charge in [0.25, 0.3) is 5.91 Å². The second-order valence-corrected chi connectivity index (χ2v) is 4.46. The van der Waals surface area contributed by atoms with Gasteiger partial charge in [-0.15, -0.1) is 0 Å². The Hall–Kier alpha value is -1.97. The van der Waals surface area contributed by atoms with Crippen molar-refractivity contribution < 1.29 is 18.0 Å². The number of alkyl halides is 3. The summed E-state index contributed by atoms with van der Waals surface area (Å²) in [5.74, 6) is -0.599. The summed E-state index contributed by atoms with van der Waals surface area (Å²) in [6.07, 6.45) is -0.680. The molecule has 0 radical (unpaired) electrons. The van der Waals surface area contributed by atoms with E-state index >= 15 is 0 Å². The Morgan fingerprint density at radius 1 is 1.35 bits per heavy atom. The molecule has 2 rings (SSSR count). The lowest BCUT2D eigenvalue weighted by Crippen LogP contribution is -2.19. The number of carbonyl (C=O) groups is 1. The Kier molecular flexibility index (Phi) is 4.02. The van der Waals surface area contributed by atoms with Crippen molar-refractivity contribution in [3.8, 4) is 0 Å². The van der Waals surface area contributed by atoms with Crippen molar-refractivity contribution in [1.29, 1.82) is 0 Å². The van der Waals surface area contributed by atoms with E-state index in [0.29, 0.717) is 10.4 Å². The fourth-order valence-corrected chi connectivity index (χ4v) is 1.87. The standard InChI is InChI=1S/C10H7BrF3N5O/c11-8-7(4-17-19(8)5-10(12,13)14)9(20)18-6-1-2-15-16-3-6/h1-4H,5H2,(H,15,18,20). The molecule has 0 aromatic carbocycles. The molecule has 0 aliphatic carbocycles. The molecular formula is C10H7BrF3N5O. The molecule has 0 bridgehead atoms. The third-order valence-corrected chi connectivity index (χ3v) is 3.03. The first-order valence-electron chi connectivity index (χ1n) is 5.23. The van der Waals surface area contributed by atoms with Gasteiger partial charge in [0.2, 0.25) is 0 Å². The maximum atomic E-state index is 12.3. The number of hydrogen-bond donors (Lipinski definition) is 1. The molecule has 10 heteroatoms. The van der Waals surface area contributed by atoms with Crippen LogP contribution in [0.1, 0.15) is 10.4 Å². The number of halogens is 4. The number of amides is 1. The van der Waals surface area contributed by atoms with E-state index in [1.807, 2.05) is 0 Å². The fourth-order valence-electron chi connectivity index (χ4n) is 1.37. The number of aromatic nitrogens is 4. The summed E-state index contributed by atoms with van der Waals surface area (Å²) in [7, 11) is 0. The summed E-state index contributed by atoms with van der Waals surface area (Å²) < 4.78 is 37.4. The zero-order valence-electron chi connectivity index (χ0n) is 9.73. The van der Waals surface area contributed by atoms with Gasteiger partial charge in [-0.25, -0.2) is 4.68 Å². The number of nitrogens with zero attached hydrogens (tertiary/aromatic N) is 4. The molecule has 0 atom stereocenters. The molecule has 2 heterocycles. The Bertz CT molecular complexity index is 613. The van der Waals surface area contributed by atoms with Gasteiger partial charge in [-0.3, -0.25) is 4.79 Å². The van der Waals surface area contributed by atoms with Crippen molar-refractivity contribution in [2.24, 2.45) is 0 Å². The lowest BCUT2D eigenvalue weighted by Gasteiger charge is -2.07. The molecule has 0 spiro atoms. The van der Waals surface area contributed by atoms with E-state index in [2.05, 4.69) is 36.5 Å². The van der Waals surface area contributed by atoms with E-state index in [1.54, 1.807) is 0 Å². The van der Waals surface area contributed by atoms with E-state index < -0.39 is 18.6 Å². The first-order chi connectivity index (χ1) is 9.37. The van der Waals surface area contributed by atoms with E-state index in [4.69, 9.17) is 0 Å². The van der Waals surface area contributed by atoms with E-state index in [0.717, 1.165) is 6.20 Å². The van der Waals surface area contributed by atoms with Gasteiger partial charge in [0.05, 0.1) is 29.8 Å². The van der Waals surface area contributed by atoms with Gasteiger partial charge in [0.1, 0.15) is 11.1 Å². The van der Waals surface area contributed by atoms with Gasteiger partial charge >= 0.3 is 6.18 Å². The highest BCUT2D eigenvalue weighted by Gasteiger charge is 2.30. The monoisotopic (exact) mass is 349 g/mol. The Morgan fingerprint density at radius 3 is 2.70 bits per heavy atom. The quantitative estimate of drug-likeness (QED) is 0.922. The highest BCUT2D eigenvalue weighted by Crippen LogP contribution is 2.23. The normalized spacial score (nSPS) is 11.4. The third-order valence-electron chi connectivity index (χ3n) is 2.19. The number of hydrogen-bond acceptors (Lipinski definition) is 4. The zero-order chi connectivity index (χ0) is 14.8. The summed E-state index contributed by atoms with van der Waals surface area (Å²) in [6.45, 7) is -1.28. The molecule has 0 aliphatic heterocycles. The van der Waals surface area contributed by atoms with Crippen LogP contribution >= 0.6 is 15.9 Å². The van der Waals surface area contributed by atoms with Crippen molar-refractivity contribution in [1.82, 2.24) is 20.0 Å². The summed E-state index contributed by atoms with van der Waals surface area (Å²) in [5, 5.41) is 13.1. The number of anilines is 1. The second-order valence-electron chi connectivity index (χ2n) is 3.71. The van der Waals surface area contributed by atoms with Crippen molar-refractivity contribution in [3.05, 3.63) is 34.8 Å². The zero-order valence-corrected chi connectivity index (χ0v) is 11.3. The molecule has 0 aliphatic rings. The smallest absolute Gasteiger partial charge is 0.320 e. The SMILES string of the molecule is O=C(Nc1ccnnc1)c1cnn(CC(F)(F)F)c1Br. The maximum Gasteiger partial charge on any atom is 0.408 e.